The van der Waals surface area contributed by atoms with Crippen LogP contribution in [-0.4, -0.2) is 27.5 Å². The molecule has 3 heterocycles. The van der Waals surface area contributed by atoms with Gasteiger partial charge < -0.3 is 4.90 Å². The zero-order valence-corrected chi connectivity index (χ0v) is 10.7. The molecule has 4 rings (SSSR count). The lowest BCUT2D eigenvalue weighted by Gasteiger charge is -2.26. The minimum absolute atomic E-state index is 0.678. The summed E-state index contributed by atoms with van der Waals surface area (Å²) in [4.78, 5) is 15.5. The number of nitrogens with zero attached hydrogens (tertiary/aromatic N) is 4. The van der Waals surface area contributed by atoms with Gasteiger partial charge in [0.2, 0.25) is 5.95 Å². The van der Waals surface area contributed by atoms with Crippen LogP contribution in [0, 0.1) is 5.92 Å². The fraction of sp³-hybridized carbons (Fsp3) is 0.400. The van der Waals surface area contributed by atoms with E-state index in [9.17, 15) is 0 Å². The topological polar surface area (TPSA) is 41.9 Å². The second-order valence-corrected chi connectivity index (χ2v) is 5.49. The lowest BCUT2D eigenvalue weighted by Crippen LogP contribution is -2.33. The van der Waals surface area contributed by atoms with Gasteiger partial charge in [0.05, 0.1) is 0 Å². The zero-order valence-electron chi connectivity index (χ0n) is 10.7. The van der Waals surface area contributed by atoms with E-state index in [4.69, 9.17) is 0 Å². The lowest BCUT2D eigenvalue weighted by atomic mass is 10.1. The first kappa shape index (κ1) is 10.9. The third-order valence-corrected chi connectivity index (χ3v) is 4.32. The van der Waals surface area contributed by atoms with Crippen molar-refractivity contribution < 1.29 is 0 Å². The van der Waals surface area contributed by atoms with E-state index >= 15 is 0 Å². The summed E-state index contributed by atoms with van der Waals surface area (Å²) in [7, 11) is 0. The minimum atomic E-state index is 0.678. The van der Waals surface area contributed by atoms with Crippen LogP contribution in [0.25, 0.3) is 11.1 Å². The number of hydrogen-bond donors (Lipinski definition) is 0. The van der Waals surface area contributed by atoms with Crippen LogP contribution in [0.15, 0.2) is 36.9 Å². The summed E-state index contributed by atoms with van der Waals surface area (Å²) in [5, 5.41) is 0. The molecule has 4 heteroatoms. The van der Waals surface area contributed by atoms with Crippen LogP contribution in [0.4, 0.5) is 5.95 Å². The highest BCUT2D eigenvalue weighted by Gasteiger charge is 2.38. The van der Waals surface area contributed by atoms with Gasteiger partial charge in [0.25, 0.3) is 0 Å². The Balaban J connectivity index is 1.60. The number of pyridine rings is 1. The van der Waals surface area contributed by atoms with Gasteiger partial charge in [-0.1, -0.05) is 0 Å². The highest BCUT2D eigenvalue weighted by Crippen LogP contribution is 2.38. The normalized spacial score (nSPS) is 24.9. The maximum absolute atomic E-state index is 4.55. The molecule has 0 amide bonds. The first-order valence-electron chi connectivity index (χ1n) is 6.89. The monoisotopic (exact) mass is 252 g/mol. The SMILES string of the molecule is c1cc(-c2cnc(N3CC4CCC3C4)nc2)ccn1. The second-order valence-electron chi connectivity index (χ2n) is 5.49. The Kier molecular flexibility index (Phi) is 2.47. The van der Waals surface area contributed by atoms with E-state index in [2.05, 4.69) is 19.9 Å². The van der Waals surface area contributed by atoms with E-state index in [1.165, 1.54) is 19.3 Å². The van der Waals surface area contributed by atoms with Gasteiger partial charge in [0, 0.05) is 42.9 Å². The smallest absolute Gasteiger partial charge is 0.225 e. The van der Waals surface area contributed by atoms with Gasteiger partial charge in [-0.15, -0.1) is 0 Å². The van der Waals surface area contributed by atoms with E-state index in [0.717, 1.165) is 29.5 Å². The van der Waals surface area contributed by atoms with Crippen molar-refractivity contribution in [3.05, 3.63) is 36.9 Å². The number of rotatable bonds is 2. The molecule has 4 nitrogen and oxygen atoms in total. The average molecular weight is 252 g/mol. The van der Waals surface area contributed by atoms with E-state index in [1.54, 1.807) is 12.4 Å². The van der Waals surface area contributed by atoms with Crippen molar-refractivity contribution in [3.8, 4) is 11.1 Å². The molecule has 2 aromatic heterocycles. The first-order valence-corrected chi connectivity index (χ1v) is 6.89. The van der Waals surface area contributed by atoms with Gasteiger partial charge in [0.15, 0.2) is 0 Å². The van der Waals surface area contributed by atoms with Crippen molar-refractivity contribution >= 4 is 5.95 Å². The predicted molar refractivity (Wildman–Crippen MR) is 73.7 cm³/mol. The number of fused-ring (bicyclic) bond motifs is 2. The minimum Gasteiger partial charge on any atom is -0.338 e. The molecular formula is C15H16N4. The van der Waals surface area contributed by atoms with Crippen molar-refractivity contribution in [1.29, 1.82) is 0 Å². The van der Waals surface area contributed by atoms with E-state index in [1.807, 2.05) is 24.5 Å². The van der Waals surface area contributed by atoms with E-state index < -0.39 is 0 Å². The summed E-state index contributed by atoms with van der Waals surface area (Å²) in [6.07, 6.45) is 11.4. The highest BCUT2D eigenvalue weighted by molar-refractivity contribution is 5.61. The molecule has 2 unspecified atom stereocenters. The molecule has 2 atom stereocenters. The average Bonchev–Trinajstić information content (AvgIpc) is 3.11. The maximum Gasteiger partial charge on any atom is 0.225 e. The third-order valence-electron chi connectivity index (χ3n) is 4.32. The first-order chi connectivity index (χ1) is 9.40. The molecule has 2 bridgehead atoms. The molecule has 2 aromatic rings. The van der Waals surface area contributed by atoms with E-state index in [0.29, 0.717) is 6.04 Å². The Morgan fingerprint density at radius 2 is 1.79 bits per heavy atom. The molecule has 0 N–H and O–H groups in total. The van der Waals surface area contributed by atoms with Crippen molar-refractivity contribution in [2.75, 3.05) is 11.4 Å². The van der Waals surface area contributed by atoms with Crippen molar-refractivity contribution in [1.82, 2.24) is 15.0 Å². The van der Waals surface area contributed by atoms with Crippen LogP contribution in [0.5, 0.6) is 0 Å². The summed E-state index contributed by atoms with van der Waals surface area (Å²) >= 11 is 0. The quantitative estimate of drug-likeness (QED) is 0.823. The molecule has 0 aromatic carbocycles. The highest BCUT2D eigenvalue weighted by atomic mass is 15.3. The van der Waals surface area contributed by atoms with Gasteiger partial charge in [-0.3, -0.25) is 4.98 Å². The molecular weight excluding hydrogens is 236 g/mol. The fourth-order valence-corrected chi connectivity index (χ4v) is 3.33. The number of piperidine rings is 1. The summed E-state index contributed by atoms with van der Waals surface area (Å²) < 4.78 is 0. The largest absolute Gasteiger partial charge is 0.338 e. The van der Waals surface area contributed by atoms with Gasteiger partial charge in [0.1, 0.15) is 0 Å². The molecule has 96 valence electrons. The Morgan fingerprint density at radius 1 is 1.00 bits per heavy atom. The Morgan fingerprint density at radius 3 is 2.42 bits per heavy atom. The summed E-state index contributed by atoms with van der Waals surface area (Å²) in [5.74, 6) is 1.76. The third kappa shape index (κ3) is 1.87. The van der Waals surface area contributed by atoms with Crippen LogP contribution < -0.4 is 4.90 Å². The molecule has 1 aliphatic carbocycles. The molecule has 1 saturated heterocycles. The summed E-state index contributed by atoms with van der Waals surface area (Å²) in [6.45, 7) is 1.14. The summed E-state index contributed by atoms with van der Waals surface area (Å²) in [5.41, 5.74) is 2.17. The van der Waals surface area contributed by atoms with Gasteiger partial charge >= 0.3 is 0 Å². The van der Waals surface area contributed by atoms with Crippen LogP contribution in [0.3, 0.4) is 0 Å². The molecule has 19 heavy (non-hydrogen) atoms. The Bertz CT molecular complexity index is 566. The second kappa shape index (κ2) is 4.30. The zero-order chi connectivity index (χ0) is 12.7. The molecule has 0 radical (unpaired) electrons. The number of anilines is 1. The van der Waals surface area contributed by atoms with E-state index in [-0.39, 0.29) is 0 Å². The van der Waals surface area contributed by atoms with Gasteiger partial charge in [-0.05, 0) is 42.9 Å². The fourth-order valence-electron chi connectivity index (χ4n) is 3.33. The van der Waals surface area contributed by atoms with Crippen LogP contribution >= 0.6 is 0 Å². The maximum atomic E-state index is 4.55. The van der Waals surface area contributed by atoms with Gasteiger partial charge in [-0.2, -0.15) is 0 Å². The Hall–Kier alpha value is -1.97. The van der Waals surface area contributed by atoms with Crippen molar-refractivity contribution in [3.63, 3.8) is 0 Å². The lowest BCUT2D eigenvalue weighted by molar-refractivity contribution is 0.546. The van der Waals surface area contributed by atoms with Crippen molar-refractivity contribution in [2.45, 2.75) is 25.3 Å². The number of aromatic nitrogens is 3. The van der Waals surface area contributed by atoms with Crippen LogP contribution in [-0.2, 0) is 0 Å². The summed E-state index contributed by atoms with van der Waals surface area (Å²) in [6, 6.07) is 4.64. The van der Waals surface area contributed by atoms with Crippen LogP contribution in [0.1, 0.15) is 19.3 Å². The predicted octanol–water partition coefficient (Wildman–Crippen LogP) is 2.53. The molecule has 1 aliphatic heterocycles. The standard InChI is InChI=1S/C15H16N4/c1-2-14-7-11(1)10-19(14)15-17-8-13(9-18-15)12-3-5-16-6-4-12/h3-6,8-9,11,14H,1-2,7,10H2. The molecule has 0 spiro atoms. The van der Waals surface area contributed by atoms with Gasteiger partial charge in [-0.25, -0.2) is 9.97 Å². The Labute approximate surface area is 112 Å². The molecule has 2 aliphatic rings. The van der Waals surface area contributed by atoms with Crippen molar-refractivity contribution in [2.24, 2.45) is 5.92 Å². The molecule has 2 fully saturated rings. The van der Waals surface area contributed by atoms with Crippen LogP contribution in [0.2, 0.25) is 0 Å². The number of hydrogen-bond acceptors (Lipinski definition) is 4. The molecule has 1 saturated carbocycles.